The highest BCUT2D eigenvalue weighted by Gasteiger charge is 2.17. The van der Waals surface area contributed by atoms with Crippen molar-refractivity contribution in [3.8, 4) is 5.75 Å². The van der Waals surface area contributed by atoms with E-state index in [0.717, 1.165) is 62.9 Å². The second-order valence-corrected chi connectivity index (χ2v) is 8.40. The van der Waals surface area contributed by atoms with Gasteiger partial charge in [-0.05, 0) is 54.5 Å². The second-order valence-electron chi connectivity index (χ2n) is 7.49. The Hall–Kier alpha value is -2.99. The summed E-state index contributed by atoms with van der Waals surface area (Å²) < 4.78 is 14.4. The molecule has 30 heavy (non-hydrogen) atoms. The van der Waals surface area contributed by atoms with E-state index in [9.17, 15) is 0 Å². The van der Waals surface area contributed by atoms with Gasteiger partial charge in [0, 0.05) is 33.9 Å². The molecular formula is C24H22BrN3O2. The van der Waals surface area contributed by atoms with Crippen LogP contribution in [0, 0.1) is 0 Å². The maximum atomic E-state index is 6.39. The first-order valence-electron chi connectivity index (χ1n) is 9.96. The normalized spacial score (nSPS) is 15.2. The van der Waals surface area contributed by atoms with Crippen LogP contribution in [0.5, 0.6) is 5.75 Å². The summed E-state index contributed by atoms with van der Waals surface area (Å²) in [6.45, 7) is 1.49. The Morgan fingerprint density at radius 3 is 2.73 bits per heavy atom. The van der Waals surface area contributed by atoms with Crippen LogP contribution in [0.3, 0.4) is 0 Å². The van der Waals surface area contributed by atoms with E-state index in [4.69, 9.17) is 15.2 Å². The predicted molar refractivity (Wildman–Crippen MR) is 125 cm³/mol. The monoisotopic (exact) mass is 463 g/mol. The Kier molecular flexibility index (Phi) is 4.87. The third-order valence-electron chi connectivity index (χ3n) is 5.52. The van der Waals surface area contributed by atoms with Crippen molar-refractivity contribution < 1.29 is 9.47 Å². The van der Waals surface area contributed by atoms with Crippen LogP contribution in [0.15, 0.2) is 58.8 Å². The van der Waals surface area contributed by atoms with Crippen LogP contribution >= 0.6 is 15.9 Å². The molecule has 1 aliphatic heterocycles. The number of allylic oxidation sites excluding steroid dienone is 1. The zero-order valence-corrected chi connectivity index (χ0v) is 18.3. The second kappa shape index (κ2) is 7.69. The number of fused-ring (bicyclic) bond motifs is 3. The first-order chi connectivity index (χ1) is 14.6. The smallest absolute Gasteiger partial charge is 0.133 e. The topological polar surface area (TPSA) is 62.3 Å². The fourth-order valence-corrected chi connectivity index (χ4v) is 4.39. The van der Waals surface area contributed by atoms with Gasteiger partial charge in [-0.2, -0.15) is 0 Å². The molecule has 0 spiro atoms. The molecule has 2 aromatic carbocycles. The van der Waals surface area contributed by atoms with Gasteiger partial charge < -0.3 is 19.8 Å². The van der Waals surface area contributed by atoms with Crippen LogP contribution in [0.1, 0.15) is 24.1 Å². The number of nitrogens with zero attached hydrogens (tertiary/aromatic N) is 2. The number of nitrogens with two attached hydrogens (primary N) is 1. The van der Waals surface area contributed by atoms with Gasteiger partial charge in [-0.25, -0.2) is 4.98 Å². The summed E-state index contributed by atoms with van der Waals surface area (Å²) >= 11 is 3.54. The van der Waals surface area contributed by atoms with Gasteiger partial charge in [-0.1, -0.05) is 28.1 Å². The lowest BCUT2D eigenvalue weighted by Crippen LogP contribution is -2.03. The lowest BCUT2D eigenvalue weighted by Gasteiger charge is -2.12. The first-order valence-corrected chi connectivity index (χ1v) is 10.8. The van der Waals surface area contributed by atoms with Crippen molar-refractivity contribution in [3.63, 3.8) is 0 Å². The molecule has 1 fully saturated rings. The number of hydrogen-bond acceptors (Lipinski definition) is 4. The Labute approximate surface area is 183 Å². The lowest BCUT2D eigenvalue weighted by molar-refractivity contribution is 0.266. The summed E-state index contributed by atoms with van der Waals surface area (Å²) in [7, 11) is 1.68. The molecule has 0 unspecified atom stereocenters. The molecule has 1 aliphatic rings. The molecule has 1 saturated heterocycles. The van der Waals surface area contributed by atoms with Crippen LogP contribution in [0.25, 0.3) is 27.9 Å². The number of aromatic nitrogens is 2. The highest BCUT2D eigenvalue weighted by atomic mass is 79.9. The van der Waals surface area contributed by atoms with Gasteiger partial charge in [0.2, 0.25) is 0 Å². The van der Waals surface area contributed by atoms with Crippen molar-refractivity contribution in [2.45, 2.75) is 19.4 Å². The third-order valence-corrected chi connectivity index (χ3v) is 6.02. The number of rotatable bonds is 4. The molecule has 5 rings (SSSR count). The zero-order valence-electron chi connectivity index (χ0n) is 16.7. The molecule has 5 nitrogen and oxygen atoms in total. The predicted octanol–water partition coefficient (Wildman–Crippen LogP) is 5.74. The molecule has 0 atom stereocenters. The van der Waals surface area contributed by atoms with Gasteiger partial charge in [0.25, 0.3) is 0 Å². The Balaban J connectivity index is 1.74. The fourth-order valence-electron chi connectivity index (χ4n) is 4.05. The molecule has 152 valence electrons. The van der Waals surface area contributed by atoms with Crippen LogP contribution < -0.4 is 10.5 Å². The van der Waals surface area contributed by atoms with E-state index in [-0.39, 0.29) is 0 Å². The highest BCUT2D eigenvalue weighted by Crippen LogP contribution is 2.34. The van der Waals surface area contributed by atoms with E-state index in [2.05, 4.69) is 55.8 Å². The molecule has 3 heterocycles. The van der Waals surface area contributed by atoms with E-state index >= 15 is 0 Å². The van der Waals surface area contributed by atoms with Gasteiger partial charge >= 0.3 is 0 Å². The number of nitrogen functional groups attached to an aromatic ring is 1. The van der Waals surface area contributed by atoms with Gasteiger partial charge in [0.15, 0.2) is 0 Å². The van der Waals surface area contributed by atoms with Crippen molar-refractivity contribution in [1.82, 2.24) is 9.55 Å². The average molecular weight is 464 g/mol. The van der Waals surface area contributed by atoms with E-state index < -0.39 is 0 Å². The standard InChI is InChI=1S/C24H22BrN3O2/c1-29-18-7-4-15(5-8-18)14-28-17(12-19-3-2-10-30-19)13-21-23(28)20-9-6-16(25)11-22(20)27-24(21)26/h4-9,11-13H,2-3,10,14H2,1H3,(H2,26,27). The maximum Gasteiger partial charge on any atom is 0.133 e. The largest absolute Gasteiger partial charge is 0.498 e. The van der Waals surface area contributed by atoms with Crippen LogP contribution in [-0.4, -0.2) is 23.3 Å². The van der Waals surface area contributed by atoms with Gasteiger partial charge in [0.05, 0.1) is 30.5 Å². The molecular weight excluding hydrogens is 442 g/mol. The Bertz CT molecular complexity index is 1270. The summed E-state index contributed by atoms with van der Waals surface area (Å²) in [6, 6.07) is 16.4. The molecule has 0 aliphatic carbocycles. The molecule has 0 saturated carbocycles. The van der Waals surface area contributed by atoms with Gasteiger partial charge in [-0.15, -0.1) is 0 Å². The maximum absolute atomic E-state index is 6.39. The molecule has 4 aromatic rings. The Morgan fingerprint density at radius 1 is 1.17 bits per heavy atom. The van der Waals surface area contributed by atoms with Gasteiger partial charge in [-0.3, -0.25) is 0 Å². The molecule has 2 N–H and O–H groups in total. The van der Waals surface area contributed by atoms with E-state index in [0.29, 0.717) is 12.4 Å². The number of anilines is 1. The first kappa shape index (κ1) is 19.0. The zero-order chi connectivity index (χ0) is 20.7. The van der Waals surface area contributed by atoms with Crippen molar-refractivity contribution in [2.24, 2.45) is 0 Å². The van der Waals surface area contributed by atoms with Crippen molar-refractivity contribution >= 4 is 49.6 Å². The summed E-state index contributed by atoms with van der Waals surface area (Å²) in [5.74, 6) is 2.41. The Morgan fingerprint density at radius 2 is 2.00 bits per heavy atom. The van der Waals surface area contributed by atoms with Crippen LogP contribution in [-0.2, 0) is 11.3 Å². The number of pyridine rings is 1. The minimum absolute atomic E-state index is 0.538. The third kappa shape index (κ3) is 3.41. The van der Waals surface area contributed by atoms with Crippen molar-refractivity contribution in [3.05, 3.63) is 70.0 Å². The summed E-state index contributed by atoms with van der Waals surface area (Å²) in [4.78, 5) is 4.65. The lowest BCUT2D eigenvalue weighted by atomic mass is 10.1. The molecule has 0 bridgehead atoms. The minimum atomic E-state index is 0.538. The van der Waals surface area contributed by atoms with Crippen molar-refractivity contribution in [2.75, 3.05) is 19.5 Å². The summed E-state index contributed by atoms with van der Waals surface area (Å²) in [5.41, 5.74) is 10.6. The number of methoxy groups -OCH3 is 1. The number of halogens is 1. The number of benzene rings is 2. The van der Waals surface area contributed by atoms with Crippen LogP contribution in [0.4, 0.5) is 5.82 Å². The molecule has 6 heteroatoms. The highest BCUT2D eigenvalue weighted by molar-refractivity contribution is 9.10. The molecule has 2 aromatic heterocycles. The number of ether oxygens (including phenoxy) is 2. The van der Waals surface area contributed by atoms with E-state index in [1.807, 2.05) is 24.3 Å². The molecule has 0 radical (unpaired) electrons. The van der Waals surface area contributed by atoms with E-state index in [1.165, 1.54) is 5.56 Å². The SMILES string of the molecule is COc1ccc(Cn2c(C=C3CCCO3)cc3c(N)nc4cc(Br)ccc4c32)cc1. The minimum Gasteiger partial charge on any atom is -0.498 e. The average Bonchev–Trinajstić information content (AvgIpc) is 3.38. The summed E-state index contributed by atoms with van der Waals surface area (Å²) in [6.07, 6.45) is 4.16. The fraction of sp³-hybridized carbons (Fsp3) is 0.208. The quantitative estimate of drug-likeness (QED) is 0.418. The van der Waals surface area contributed by atoms with Crippen molar-refractivity contribution in [1.29, 1.82) is 0 Å². The van der Waals surface area contributed by atoms with E-state index in [1.54, 1.807) is 7.11 Å². The number of hydrogen-bond donors (Lipinski definition) is 1. The van der Waals surface area contributed by atoms with Crippen LogP contribution in [0.2, 0.25) is 0 Å². The molecule has 0 amide bonds. The summed E-state index contributed by atoms with van der Waals surface area (Å²) in [5, 5.41) is 2.04. The van der Waals surface area contributed by atoms with Gasteiger partial charge in [0.1, 0.15) is 11.6 Å².